The molecule has 0 aliphatic heterocycles. The van der Waals surface area contributed by atoms with E-state index < -0.39 is 10.8 Å². The van der Waals surface area contributed by atoms with Crippen LogP contribution in [0.2, 0.25) is 0 Å². The van der Waals surface area contributed by atoms with Gasteiger partial charge in [-0.1, -0.05) is 6.07 Å². The summed E-state index contributed by atoms with van der Waals surface area (Å²) in [4.78, 5) is 26.5. The molecule has 2 aromatic carbocycles. The lowest BCUT2D eigenvalue weighted by Gasteiger charge is -2.06. The first kappa shape index (κ1) is 16.5. The van der Waals surface area contributed by atoms with Crippen molar-refractivity contribution in [1.82, 2.24) is 9.36 Å². The number of nitrogens with one attached hydrogen (secondary N) is 1. The van der Waals surface area contributed by atoms with Crippen LogP contribution >= 0.6 is 11.5 Å². The quantitative estimate of drug-likeness (QED) is 0.550. The van der Waals surface area contributed by atoms with Gasteiger partial charge in [0.1, 0.15) is 11.6 Å². The molecule has 126 valence electrons. The molecule has 0 aliphatic rings. The van der Waals surface area contributed by atoms with Gasteiger partial charge in [-0.3, -0.25) is 14.9 Å². The van der Waals surface area contributed by atoms with Gasteiger partial charge in [-0.15, -0.1) is 0 Å². The topological polar surface area (TPSA) is 107 Å². The Kier molecular flexibility index (Phi) is 4.66. The van der Waals surface area contributed by atoms with E-state index in [0.717, 1.165) is 11.5 Å². The van der Waals surface area contributed by atoms with E-state index in [-0.39, 0.29) is 11.3 Å². The Bertz CT molecular complexity index is 924. The van der Waals surface area contributed by atoms with E-state index in [2.05, 4.69) is 14.7 Å². The number of carbonyl (C=O) groups excluding carboxylic acids is 1. The Morgan fingerprint density at radius 3 is 2.64 bits per heavy atom. The van der Waals surface area contributed by atoms with Gasteiger partial charge < -0.3 is 10.1 Å². The average molecular weight is 356 g/mol. The van der Waals surface area contributed by atoms with Crippen LogP contribution in [-0.2, 0) is 0 Å². The van der Waals surface area contributed by atoms with Crippen LogP contribution in [0.3, 0.4) is 0 Å². The first-order valence-corrected chi connectivity index (χ1v) is 7.92. The molecule has 0 aliphatic carbocycles. The molecule has 0 unspecified atom stereocenters. The number of hydrogen-bond acceptors (Lipinski definition) is 7. The highest BCUT2D eigenvalue weighted by atomic mass is 32.1. The summed E-state index contributed by atoms with van der Waals surface area (Å²) in [5, 5.41) is 13.9. The van der Waals surface area contributed by atoms with Crippen LogP contribution in [0.1, 0.15) is 16.2 Å². The number of rotatable bonds is 5. The molecule has 0 saturated heterocycles. The van der Waals surface area contributed by atoms with Gasteiger partial charge in [-0.2, -0.15) is 9.36 Å². The smallest absolute Gasteiger partial charge is 0.298 e. The SMILES string of the molecule is Cc1nsc(Oc2ccc(NC(=O)c3cccc([N+](=O)[O-])c3)cc2)n1. The monoisotopic (exact) mass is 356 g/mol. The lowest BCUT2D eigenvalue weighted by atomic mass is 10.2. The molecule has 8 nitrogen and oxygen atoms in total. The van der Waals surface area contributed by atoms with E-state index in [9.17, 15) is 14.9 Å². The van der Waals surface area contributed by atoms with Gasteiger partial charge in [-0.25, -0.2) is 0 Å². The van der Waals surface area contributed by atoms with Gasteiger partial charge >= 0.3 is 0 Å². The fourth-order valence-electron chi connectivity index (χ4n) is 1.99. The highest BCUT2D eigenvalue weighted by molar-refractivity contribution is 7.07. The number of carbonyl (C=O) groups is 1. The summed E-state index contributed by atoms with van der Waals surface area (Å²) in [5.41, 5.74) is 0.611. The van der Waals surface area contributed by atoms with Crippen molar-refractivity contribution in [1.29, 1.82) is 0 Å². The Hall–Kier alpha value is -3.33. The highest BCUT2D eigenvalue weighted by Gasteiger charge is 2.12. The summed E-state index contributed by atoms with van der Waals surface area (Å²) < 4.78 is 9.57. The van der Waals surface area contributed by atoms with E-state index in [1.165, 1.54) is 24.3 Å². The van der Waals surface area contributed by atoms with Gasteiger partial charge in [0.25, 0.3) is 16.8 Å². The van der Waals surface area contributed by atoms with Crippen LogP contribution in [0.5, 0.6) is 10.9 Å². The molecule has 3 rings (SSSR count). The zero-order chi connectivity index (χ0) is 17.8. The van der Waals surface area contributed by atoms with Crippen LogP contribution < -0.4 is 10.1 Å². The Labute approximate surface area is 146 Å². The number of hydrogen-bond donors (Lipinski definition) is 1. The lowest BCUT2D eigenvalue weighted by molar-refractivity contribution is -0.384. The van der Waals surface area contributed by atoms with Gasteiger partial charge in [0, 0.05) is 34.9 Å². The fraction of sp³-hybridized carbons (Fsp3) is 0.0625. The Morgan fingerprint density at radius 2 is 2.00 bits per heavy atom. The molecule has 25 heavy (non-hydrogen) atoms. The summed E-state index contributed by atoms with van der Waals surface area (Å²) in [6, 6.07) is 12.2. The second-order valence-electron chi connectivity index (χ2n) is 5.00. The number of amides is 1. The van der Waals surface area contributed by atoms with E-state index >= 15 is 0 Å². The van der Waals surface area contributed by atoms with Gasteiger partial charge in [0.15, 0.2) is 0 Å². The van der Waals surface area contributed by atoms with Crippen LogP contribution in [-0.4, -0.2) is 20.2 Å². The molecular formula is C16H12N4O4S. The Morgan fingerprint density at radius 1 is 1.24 bits per heavy atom. The summed E-state index contributed by atoms with van der Waals surface area (Å²) in [6.45, 7) is 1.77. The van der Waals surface area contributed by atoms with E-state index in [0.29, 0.717) is 22.5 Å². The standard InChI is InChI=1S/C16H12N4O4S/c1-10-17-16(25-19-10)24-14-7-5-12(6-8-14)18-15(21)11-3-2-4-13(9-11)20(22)23/h2-9H,1H3,(H,18,21). The van der Waals surface area contributed by atoms with E-state index in [4.69, 9.17) is 4.74 Å². The predicted molar refractivity (Wildman–Crippen MR) is 92.2 cm³/mol. The zero-order valence-corrected chi connectivity index (χ0v) is 13.8. The van der Waals surface area contributed by atoms with E-state index in [1.54, 1.807) is 31.2 Å². The van der Waals surface area contributed by atoms with Crippen molar-refractivity contribution >= 4 is 28.8 Å². The normalized spacial score (nSPS) is 10.3. The third-order valence-corrected chi connectivity index (χ3v) is 3.83. The maximum absolute atomic E-state index is 12.2. The number of nitrogens with zero attached hydrogens (tertiary/aromatic N) is 3. The number of ether oxygens (including phenoxy) is 1. The molecule has 3 aromatic rings. The largest absolute Gasteiger partial charge is 0.430 e. The summed E-state index contributed by atoms with van der Waals surface area (Å²) in [6.07, 6.45) is 0. The number of nitro benzene ring substituents is 1. The number of aromatic nitrogens is 2. The third kappa shape index (κ3) is 4.15. The van der Waals surface area contributed by atoms with E-state index in [1.807, 2.05) is 0 Å². The molecule has 9 heteroatoms. The maximum atomic E-state index is 12.2. The number of nitro groups is 1. The van der Waals surface area contributed by atoms with Crippen LogP contribution in [0.4, 0.5) is 11.4 Å². The molecule has 0 bridgehead atoms. The van der Waals surface area contributed by atoms with Crippen molar-refractivity contribution in [2.24, 2.45) is 0 Å². The van der Waals surface area contributed by atoms with Gasteiger partial charge in [0.05, 0.1) is 4.92 Å². The van der Waals surface area contributed by atoms with Gasteiger partial charge in [0.2, 0.25) is 0 Å². The number of benzene rings is 2. The van der Waals surface area contributed by atoms with Crippen LogP contribution in [0.15, 0.2) is 48.5 Å². The summed E-state index contributed by atoms with van der Waals surface area (Å²) >= 11 is 1.15. The summed E-state index contributed by atoms with van der Waals surface area (Å²) in [7, 11) is 0. The summed E-state index contributed by atoms with van der Waals surface area (Å²) in [5.74, 6) is 0.766. The number of non-ortho nitro benzene ring substituents is 1. The number of anilines is 1. The minimum absolute atomic E-state index is 0.135. The molecule has 0 radical (unpaired) electrons. The lowest BCUT2D eigenvalue weighted by Crippen LogP contribution is -2.11. The minimum Gasteiger partial charge on any atom is -0.430 e. The molecule has 0 saturated carbocycles. The number of aryl methyl sites for hydroxylation is 1. The fourth-order valence-corrected chi connectivity index (χ4v) is 2.55. The first-order chi connectivity index (χ1) is 12.0. The molecule has 0 atom stereocenters. The molecule has 1 heterocycles. The zero-order valence-electron chi connectivity index (χ0n) is 13.0. The second kappa shape index (κ2) is 7.05. The average Bonchev–Trinajstić information content (AvgIpc) is 3.01. The molecule has 1 aromatic heterocycles. The first-order valence-electron chi connectivity index (χ1n) is 7.15. The minimum atomic E-state index is -0.544. The van der Waals surface area contributed by atoms with Gasteiger partial charge in [-0.05, 0) is 37.3 Å². The van der Waals surface area contributed by atoms with Crippen molar-refractivity contribution in [2.45, 2.75) is 6.92 Å². The maximum Gasteiger partial charge on any atom is 0.298 e. The second-order valence-corrected chi connectivity index (χ2v) is 5.71. The van der Waals surface area contributed by atoms with Crippen LogP contribution in [0.25, 0.3) is 0 Å². The molecular weight excluding hydrogens is 344 g/mol. The predicted octanol–water partition coefficient (Wildman–Crippen LogP) is 3.80. The Balaban J connectivity index is 1.67. The van der Waals surface area contributed by atoms with Crippen molar-refractivity contribution in [3.05, 3.63) is 70.0 Å². The highest BCUT2D eigenvalue weighted by Crippen LogP contribution is 2.24. The molecule has 1 amide bonds. The molecule has 0 spiro atoms. The van der Waals surface area contributed by atoms with Crippen molar-refractivity contribution in [2.75, 3.05) is 5.32 Å². The van der Waals surface area contributed by atoms with Crippen molar-refractivity contribution < 1.29 is 14.5 Å². The third-order valence-electron chi connectivity index (χ3n) is 3.15. The molecule has 0 fully saturated rings. The van der Waals surface area contributed by atoms with Crippen LogP contribution in [0, 0.1) is 17.0 Å². The van der Waals surface area contributed by atoms with Crippen molar-refractivity contribution in [3.63, 3.8) is 0 Å². The molecule has 1 N–H and O–H groups in total. The van der Waals surface area contributed by atoms with Crippen molar-refractivity contribution in [3.8, 4) is 10.9 Å².